The zero-order valence-electron chi connectivity index (χ0n) is 23.3. The number of carbonyl (C=O) groups excluding carboxylic acids is 1. The lowest BCUT2D eigenvalue weighted by Crippen LogP contribution is -2.33. The molecule has 2 aromatic rings. The van der Waals surface area contributed by atoms with E-state index in [0.29, 0.717) is 34.8 Å². The highest BCUT2D eigenvalue weighted by molar-refractivity contribution is 7.99. The van der Waals surface area contributed by atoms with Gasteiger partial charge in [-0.2, -0.15) is 22.0 Å². The summed E-state index contributed by atoms with van der Waals surface area (Å²) >= 11 is 8.01. The smallest absolute Gasteiger partial charge is 0.300 e. The van der Waals surface area contributed by atoms with E-state index in [-0.39, 0.29) is 5.91 Å². The molecule has 9 heteroatoms. The van der Waals surface area contributed by atoms with Crippen molar-refractivity contribution in [2.24, 2.45) is 0 Å². The van der Waals surface area contributed by atoms with Gasteiger partial charge in [-0.05, 0) is 44.9 Å². The van der Waals surface area contributed by atoms with Gasteiger partial charge in [0.2, 0.25) is 0 Å². The summed E-state index contributed by atoms with van der Waals surface area (Å²) in [6, 6.07) is 3.62. The summed E-state index contributed by atoms with van der Waals surface area (Å²) in [7, 11) is 0. The summed E-state index contributed by atoms with van der Waals surface area (Å²) in [5.74, 6) is 14.1. The first kappa shape index (κ1) is 30.4. The summed E-state index contributed by atoms with van der Waals surface area (Å²) < 4.78 is 6.15. The molecule has 0 atom stereocenters. The molecule has 0 unspecified atom stereocenters. The van der Waals surface area contributed by atoms with Crippen LogP contribution in [0.2, 0.25) is 0 Å². The quantitative estimate of drug-likeness (QED) is 0.413. The van der Waals surface area contributed by atoms with E-state index >= 15 is 0 Å². The molecule has 206 valence electrons. The van der Waals surface area contributed by atoms with Gasteiger partial charge in [0.1, 0.15) is 11.4 Å². The van der Waals surface area contributed by atoms with Crippen LogP contribution in [0.25, 0.3) is 10.9 Å². The fourth-order valence-corrected chi connectivity index (χ4v) is 4.90. The number of carbonyl (C=O) groups is 1. The topological polar surface area (TPSA) is 79.4 Å². The Kier molecular flexibility index (Phi) is 11.6. The Morgan fingerprint density at radius 1 is 1.21 bits per heavy atom. The number of amides is 1. The van der Waals surface area contributed by atoms with Crippen LogP contribution in [-0.2, 0) is 4.79 Å². The van der Waals surface area contributed by atoms with Crippen molar-refractivity contribution in [1.82, 2.24) is 15.1 Å². The molecule has 0 saturated carbocycles. The van der Waals surface area contributed by atoms with Crippen molar-refractivity contribution in [3.63, 3.8) is 0 Å². The number of nitrogens with one attached hydrogen (secondary N) is 2. The lowest BCUT2D eigenvalue weighted by molar-refractivity contribution is -0.111. The highest BCUT2D eigenvalue weighted by Gasteiger charge is 2.19. The molecule has 1 saturated heterocycles. The number of aromatic nitrogens is 2. The number of nitrogens with zero attached hydrogens (tertiary/aromatic N) is 3. The number of hydrogen-bond donors (Lipinski definition) is 2. The maximum atomic E-state index is 12.7. The molecular formula is C30H36ClN5O2S. The van der Waals surface area contributed by atoms with E-state index in [1.54, 1.807) is 18.3 Å². The molecule has 1 aliphatic heterocycles. The van der Waals surface area contributed by atoms with E-state index in [1.807, 2.05) is 58.5 Å². The molecule has 2 heterocycles. The SMILES string of the molecule is CC.CC(C)(C)Oc1cc2nncc(NC3=CC=C(Cl)C#CC3)c2cc1NC(=O)C#CCCN1CCSCC1. The molecule has 0 spiro atoms. The van der Waals surface area contributed by atoms with Crippen LogP contribution >= 0.6 is 23.4 Å². The number of ether oxygens (including phenoxy) is 1. The van der Waals surface area contributed by atoms with Gasteiger partial charge in [0, 0.05) is 61.1 Å². The van der Waals surface area contributed by atoms with Crippen LogP contribution in [0.1, 0.15) is 47.5 Å². The number of fused-ring (bicyclic) bond motifs is 1. The summed E-state index contributed by atoms with van der Waals surface area (Å²) in [4.78, 5) is 15.1. The molecule has 1 aliphatic carbocycles. The van der Waals surface area contributed by atoms with Gasteiger partial charge in [0.25, 0.3) is 5.91 Å². The van der Waals surface area contributed by atoms with Crippen LogP contribution in [0.5, 0.6) is 5.75 Å². The van der Waals surface area contributed by atoms with Gasteiger partial charge < -0.3 is 20.3 Å². The second-order valence-corrected chi connectivity index (χ2v) is 11.2. The highest BCUT2D eigenvalue weighted by Crippen LogP contribution is 2.35. The number of halogens is 1. The average Bonchev–Trinajstić information content (AvgIpc) is 3.12. The molecule has 2 aliphatic rings. The second-order valence-electron chi connectivity index (χ2n) is 9.61. The second kappa shape index (κ2) is 14.8. The molecule has 39 heavy (non-hydrogen) atoms. The van der Waals surface area contributed by atoms with Gasteiger partial charge in [-0.1, -0.05) is 43.2 Å². The van der Waals surface area contributed by atoms with Gasteiger partial charge in [-0.25, -0.2) is 0 Å². The number of thioether (sulfide) groups is 1. The van der Waals surface area contributed by atoms with Crippen LogP contribution < -0.4 is 15.4 Å². The Balaban J connectivity index is 0.00000205. The maximum Gasteiger partial charge on any atom is 0.300 e. The third-order valence-electron chi connectivity index (χ3n) is 5.48. The average molecular weight is 566 g/mol. The number of benzene rings is 1. The fraction of sp³-hybridized carbons (Fsp3) is 0.433. The van der Waals surface area contributed by atoms with Gasteiger partial charge in [0.05, 0.1) is 28.1 Å². The largest absolute Gasteiger partial charge is 0.486 e. The molecule has 2 N–H and O–H groups in total. The molecule has 1 aromatic heterocycles. The molecule has 7 nitrogen and oxygen atoms in total. The molecule has 1 fully saturated rings. The minimum absolute atomic E-state index is 0.384. The van der Waals surface area contributed by atoms with E-state index in [4.69, 9.17) is 16.3 Å². The monoisotopic (exact) mass is 565 g/mol. The zero-order chi connectivity index (χ0) is 28.3. The zero-order valence-corrected chi connectivity index (χ0v) is 24.9. The standard InChI is InChI=1S/C28H30ClN5O2S.C2H6/c1-28(2,3)36-26-18-23-22(25(19-30-33-23)31-21-8-6-7-20(29)10-11-21)17-24(26)32-27(35)9-4-5-12-34-13-15-37-16-14-34;1-2/h10-11,17-19H,5,8,12-16H2,1-3H3,(H,31,33)(H,32,35);1-2H3. The predicted octanol–water partition coefficient (Wildman–Crippen LogP) is 6.04. The van der Waals surface area contributed by atoms with Crippen LogP contribution in [0.3, 0.4) is 0 Å². The first-order valence-corrected chi connectivity index (χ1v) is 14.7. The van der Waals surface area contributed by atoms with Crippen LogP contribution in [0.15, 0.2) is 41.2 Å². The Morgan fingerprint density at radius 2 is 1.97 bits per heavy atom. The molecule has 0 bridgehead atoms. The van der Waals surface area contributed by atoms with Crippen molar-refractivity contribution in [2.75, 3.05) is 41.8 Å². The lowest BCUT2D eigenvalue weighted by Gasteiger charge is -2.25. The number of hydrogen-bond acceptors (Lipinski definition) is 7. The summed E-state index contributed by atoms with van der Waals surface area (Å²) in [6.45, 7) is 12.9. The molecule has 4 rings (SSSR count). The number of allylic oxidation sites excluding steroid dienone is 4. The van der Waals surface area contributed by atoms with E-state index in [0.717, 1.165) is 47.9 Å². The van der Waals surface area contributed by atoms with Crippen molar-refractivity contribution < 1.29 is 9.53 Å². The lowest BCUT2D eigenvalue weighted by atomic mass is 10.1. The van der Waals surface area contributed by atoms with Crippen molar-refractivity contribution >= 4 is 51.5 Å². The van der Waals surface area contributed by atoms with Crippen LogP contribution in [-0.4, -0.2) is 57.7 Å². The van der Waals surface area contributed by atoms with Crippen LogP contribution in [0, 0.1) is 23.7 Å². The summed E-state index contributed by atoms with van der Waals surface area (Å²) in [6.07, 6.45) is 6.43. The van der Waals surface area contributed by atoms with E-state index in [1.165, 1.54) is 0 Å². The number of anilines is 2. The Hall–Kier alpha value is -3.17. The Bertz CT molecular complexity index is 1350. The molecular weight excluding hydrogens is 530 g/mol. The van der Waals surface area contributed by atoms with Gasteiger partial charge in [-0.15, -0.1) is 0 Å². The molecule has 1 amide bonds. The minimum atomic E-state index is -0.482. The first-order valence-electron chi connectivity index (χ1n) is 13.2. The normalized spacial score (nSPS) is 15.1. The van der Waals surface area contributed by atoms with Gasteiger partial charge in [-0.3, -0.25) is 4.79 Å². The maximum absolute atomic E-state index is 12.7. The number of rotatable bonds is 6. The van der Waals surface area contributed by atoms with Crippen molar-refractivity contribution in [1.29, 1.82) is 0 Å². The van der Waals surface area contributed by atoms with Gasteiger partial charge in [0.15, 0.2) is 0 Å². The third kappa shape index (κ3) is 9.82. The third-order valence-corrected chi connectivity index (χ3v) is 6.64. The molecule has 0 radical (unpaired) electrons. The predicted molar refractivity (Wildman–Crippen MR) is 164 cm³/mol. The Morgan fingerprint density at radius 3 is 2.72 bits per heavy atom. The summed E-state index contributed by atoms with van der Waals surface area (Å²) in [5, 5.41) is 16.0. The minimum Gasteiger partial charge on any atom is -0.486 e. The first-order chi connectivity index (χ1) is 18.8. The van der Waals surface area contributed by atoms with E-state index in [2.05, 4.69) is 49.4 Å². The molecule has 1 aromatic carbocycles. The van der Waals surface area contributed by atoms with Gasteiger partial charge >= 0.3 is 0 Å². The highest BCUT2D eigenvalue weighted by atomic mass is 35.5. The van der Waals surface area contributed by atoms with Crippen molar-refractivity contribution in [3.8, 4) is 29.4 Å². The van der Waals surface area contributed by atoms with E-state index < -0.39 is 5.60 Å². The van der Waals surface area contributed by atoms with E-state index in [9.17, 15) is 4.79 Å². The fourth-order valence-electron chi connectivity index (χ4n) is 3.79. The van der Waals surface area contributed by atoms with Crippen molar-refractivity contribution in [3.05, 3.63) is 41.2 Å². The van der Waals surface area contributed by atoms with Crippen LogP contribution in [0.4, 0.5) is 11.4 Å². The van der Waals surface area contributed by atoms with Crippen molar-refractivity contribution in [2.45, 2.75) is 53.1 Å². The summed E-state index contributed by atoms with van der Waals surface area (Å²) in [5.41, 5.74) is 2.26. The Labute approximate surface area is 241 Å².